The molecule has 0 aromatic carbocycles. The summed E-state index contributed by atoms with van der Waals surface area (Å²) in [5, 5.41) is 18.8. The number of unbranched alkanes of at least 4 members (excludes halogenated alkanes) is 1. The molecule has 1 atom stereocenters. The summed E-state index contributed by atoms with van der Waals surface area (Å²) in [5.41, 5.74) is 0. The Balaban J connectivity index is 3.63. The minimum atomic E-state index is -1.65. The molecule has 1 unspecified atom stereocenters. The molecule has 0 rings (SSSR count). The fourth-order valence-corrected chi connectivity index (χ4v) is 0.629. The predicted octanol–water partition coefficient (Wildman–Crippen LogP) is -0.0327. The molecule has 1 N–H and O–H groups in total. The van der Waals surface area contributed by atoms with Crippen LogP contribution in [0.3, 0.4) is 0 Å². The third-order valence-corrected chi connectivity index (χ3v) is 1.34. The summed E-state index contributed by atoms with van der Waals surface area (Å²) in [6.45, 7) is 1.32. The highest BCUT2D eigenvalue weighted by molar-refractivity contribution is 5.74. The Hall–Kier alpha value is -1.17. The van der Waals surface area contributed by atoms with Crippen molar-refractivity contribution in [3.63, 3.8) is 0 Å². The van der Waals surface area contributed by atoms with E-state index in [0.717, 1.165) is 6.42 Å². The van der Waals surface area contributed by atoms with Crippen LogP contribution in [0.2, 0.25) is 0 Å². The zero-order valence-corrected chi connectivity index (χ0v) is 7.43. The average Bonchev–Trinajstić information content (AvgIpc) is 2.03. The molecule has 0 fully saturated rings. The molecule has 13 heavy (non-hydrogen) atoms. The summed E-state index contributed by atoms with van der Waals surface area (Å²) in [6.07, 6.45) is -0.0953. The first-order valence-electron chi connectivity index (χ1n) is 4.04. The SMILES string of the molecule is CCCCOC(=O)C(O)C[N+](=O)[O-]. The fraction of sp³-hybridized carbons (Fsp3) is 0.857. The minimum Gasteiger partial charge on any atom is -0.464 e. The van der Waals surface area contributed by atoms with Crippen molar-refractivity contribution >= 4 is 5.97 Å². The van der Waals surface area contributed by atoms with Gasteiger partial charge in [0.05, 0.1) is 6.61 Å². The molecule has 0 radical (unpaired) electrons. The van der Waals surface area contributed by atoms with Crippen LogP contribution in [0.1, 0.15) is 19.8 Å². The van der Waals surface area contributed by atoms with Gasteiger partial charge >= 0.3 is 5.97 Å². The summed E-state index contributed by atoms with van der Waals surface area (Å²) in [5.74, 6) is -0.926. The lowest BCUT2D eigenvalue weighted by molar-refractivity contribution is -0.488. The molecule has 0 amide bonds. The maximum atomic E-state index is 10.8. The van der Waals surface area contributed by atoms with Gasteiger partial charge in [-0.15, -0.1) is 0 Å². The van der Waals surface area contributed by atoms with Gasteiger partial charge in [0.2, 0.25) is 12.6 Å². The molecule has 0 spiro atoms. The van der Waals surface area contributed by atoms with Crippen LogP contribution in [0.5, 0.6) is 0 Å². The number of nitro groups is 1. The first-order chi connectivity index (χ1) is 6.07. The smallest absolute Gasteiger partial charge is 0.341 e. The van der Waals surface area contributed by atoms with Crippen molar-refractivity contribution in [3.05, 3.63) is 10.1 Å². The normalized spacial score (nSPS) is 12.2. The maximum Gasteiger partial charge on any atom is 0.341 e. The second-order valence-corrected chi connectivity index (χ2v) is 2.55. The topological polar surface area (TPSA) is 89.7 Å². The van der Waals surface area contributed by atoms with Crippen LogP contribution >= 0.6 is 0 Å². The lowest BCUT2D eigenvalue weighted by Crippen LogP contribution is -2.30. The highest BCUT2D eigenvalue weighted by Crippen LogP contribution is 1.93. The number of nitrogens with zero attached hydrogens (tertiary/aromatic N) is 1. The van der Waals surface area contributed by atoms with Crippen LogP contribution in [0.4, 0.5) is 0 Å². The van der Waals surface area contributed by atoms with Crippen molar-refractivity contribution in [3.8, 4) is 0 Å². The van der Waals surface area contributed by atoms with E-state index >= 15 is 0 Å². The number of esters is 1. The molecule has 6 nitrogen and oxygen atoms in total. The van der Waals surface area contributed by atoms with Gasteiger partial charge in [-0.05, 0) is 6.42 Å². The number of aliphatic hydroxyl groups is 1. The van der Waals surface area contributed by atoms with Crippen LogP contribution in [-0.4, -0.2) is 35.3 Å². The van der Waals surface area contributed by atoms with E-state index in [1.165, 1.54) is 0 Å². The van der Waals surface area contributed by atoms with Crippen LogP contribution in [0, 0.1) is 10.1 Å². The van der Waals surface area contributed by atoms with Crippen molar-refractivity contribution in [1.29, 1.82) is 0 Å². The van der Waals surface area contributed by atoms with Crippen molar-refractivity contribution in [2.75, 3.05) is 13.2 Å². The highest BCUT2D eigenvalue weighted by Gasteiger charge is 2.21. The Morgan fingerprint density at radius 2 is 2.31 bits per heavy atom. The molecule has 76 valence electrons. The van der Waals surface area contributed by atoms with Gasteiger partial charge in [0.1, 0.15) is 0 Å². The average molecular weight is 191 g/mol. The van der Waals surface area contributed by atoms with E-state index in [0.29, 0.717) is 6.42 Å². The number of carbonyl (C=O) groups excluding carboxylic acids is 1. The first kappa shape index (κ1) is 11.8. The Morgan fingerprint density at radius 1 is 1.69 bits per heavy atom. The van der Waals surface area contributed by atoms with Gasteiger partial charge in [-0.3, -0.25) is 10.1 Å². The summed E-state index contributed by atoms with van der Waals surface area (Å²) in [7, 11) is 0. The second kappa shape index (κ2) is 6.36. The molecule has 6 heteroatoms. The lowest BCUT2D eigenvalue weighted by atomic mass is 10.3. The van der Waals surface area contributed by atoms with E-state index < -0.39 is 23.5 Å². The van der Waals surface area contributed by atoms with E-state index in [2.05, 4.69) is 4.74 Å². The molecule has 0 aliphatic carbocycles. The van der Waals surface area contributed by atoms with Gasteiger partial charge in [0.15, 0.2) is 0 Å². The third-order valence-electron chi connectivity index (χ3n) is 1.34. The third kappa shape index (κ3) is 6.03. The second-order valence-electron chi connectivity index (χ2n) is 2.55. The maximum absolute atomic E-state index is 10.8. The summed E-state index contributed by atoms with van der Waals surface area (Å²) < 4.78 is 4.55. The molecule has 0 bridgehead atoms. The fourth-order valence-electron chi connectivity index (χ4n) is 0.629. The number of aliphatic hydroxyl groups excluding tert-OH is 1. The zero-order valence-electron chi connectivity index (χ0n) is 7.43. The van der Waals surface area contributed by atoms with E-state index in [-0.39, 0.29) is 6.61 Å². The largest absolute Gasteiger partial charge is 0.464 e. The van der Waals surface area contributed by atoms with Crippen molar-refractivity contribution in [2.24, 2.45) is 0 Å². The molecule has 0 aliphatic heterocycles. The monoisotopic (exact) mass is 191 g/mol. The Labute approximate surface area is 75.7 Å². The molecule has 0 heterocycles. The standard InChI is InChI=1S/C7H13NO5/c1-2-3-4-13-7(10)6(9)5-8(11)12/h6,9H,2-5H2,1H3. The summed E-state index contributed by atoms with van der Waals surface area (Å²) in [4.78, 5) is 19.9. The van der Waals surface area contributed by atoms with Gasteiger partial charge in [0, 0.05) is 4.92 Å². The van der Waals surface area contributed by atoms with Gasteiger partial charge < -0.3 is 9.84 Å². The number of carbonyl (C=O) groups is 1. The Morgan fingerprint density at radius 3 is 2.77 bits per heavy atom. The Kier molecular flexibility index (Phi) is 5.79. The number of hydrogen-bond donors (Lipinski definition) is 1. The highest BCUT2D eigenvalue weighted by atomic mass is 16.6. The van der Waals surface area contributed by atoms with E-state index in [9.17, 15) is 14.9 Å². The molecular formula is C7H13NO5. The minimum absolute atomic E-state index is 0.199. The summed E-state index contributed by atoms with van der Waals surface area (Å²) >= 11 is 0. The molecule has 0 saturated heterocycles. The molecule has 0 saturated carbocycles. The van der Waals surface area contributed by atoms with E-state index in [1.807, 2.05) is 6.92 Å². The van der Waals surface area contributed by atoms with Crippen LogP contribution in [0.15, 0.2) is 0 Å². The molecular weight excluding hydrogens is 178 g/mol. The van der Waals surface area contributed by atoms with Gasteiger partial charge in [0.25, 0.3) is 0 Å². The lowest BCUT2D eigenvalue weighted by Gasteiger charge is -2.05. The predicted molar refractivity (Wildman–Crippen MR) is 43.7 cm³/mol. The quantitative estimate of drug-likeness (QED) is 0.275. The van der Waals surface area contributed by atoms with E-state index in [4.69, 9.17) is 5.11 Å². The van der Waals surface area contributed by atoms with Gasteiger partial charge in [-0.2, -0.15) is 0 Å². The van der Waals surface area contributed by atoms with Gasteiger partial charge in [-0.1, -0.05) is 13.3 Å². The molecule has 0 aliphatic rings. The van der Waals surface area contributed by atoms with E-state index in [1.54, 1.807) is 0 Å². The van der Waals surface area contributed by atoms with Crippen molar-refractivity contribution in [2.45, 2.75) is 25.9 Å². The van der Waals surface area contributed by atoms with Gasteiger partial charge in [-0.25, -0.2) is 4.79 Å². The molecule has 0 aromatic rings. The first-order valence-corrected chi connectivity index (χ1v) is 4.04. The Bertz CT molecular complexity index is 182. The number of ether oxygens (including phenoxy) is 1. The zero-order chi connectivity index (χ0) is 10.3. The van der Waals surface area contributed by atoms with Crippen molar-refractivity contribution < 1.29 is 19.6 Å². The van der Waals surface area contributed by atoms with Crippen molar-refractivity contribution in [1.82, 2.24) is 0 Å². The van der Waals surface area contributed by atoms with Crippen LogP contribution in [0.25, 0.3) is 0 Å². The number of hydrogen-bond acceptors (Lipinski definition) is 5. The van der Waals surface area contributed by atoms with Crippen LogP contribution in [-0.2, 0) is 9.53 Å². The van der Waals surface area contributed by atoms with Crippen LogP contribution < -0.4 is 0 Å². The summed E-state index contributed by atoms with van der Waals surface area (Å²) in [6, 6.07) is 0. The number of rotatable bonds is 6. The molecule has 0 aromatic heterocycles.